The predicted octanol–water partition coefficient (Wildman–Crippen LogP) is 2.61. The molecule has 1 aliphatic rings. The molecule has 0 bridgehead atoms. The van der Waals surface area contributed by atoms with Gasteiger partial charge in [0.25, 0.3) is 0 Å². The Morgan fingerprint density at radius 1 is 1.25 bits per heavy atom. The summed E-state index contributed by atoms with van der Waals surface area (Å²) in [5.41, 5.74) is 6.03. The van der Waals surface area contributed by atoms with Crippen LogP contribution in [0.2, 0.25) is 0 Å². The number of primary amides is 1. The van der Waals surface area contributed by atoms with Crippen LogP contribution in [0.1, 0.15) is 37.7 Å². The summed E-state index contributed by atoms with van der Waals surface area (Å²) >= 11 is 0. The van der Waals surface area contributed by atoms with Crippen molar-refractivity contribution in [1.29, 1.82) is 0 Å². The van der Waals surface area contributed by atoms with Crippen molar-refractivity contribution in [1.82, 2.24) is 0 Å². The van der Waals surface area contributed by atoms with Gasteiger partial charge in [0.15, 0.2) is 6.29 Å². The molecule has 0 heterocycles. The molecule has 0 aromatic heterocycles. The van der Waals surface area contributed by atoms with Gasteiger partial charge in [-0.25, -0.2) is 0 Å². The molecule has 0 radical (unpaired) electrons. The van der Waals surface area contributed by atoms with Crippen molar-refractivity contribution in [3.8, 4) is 0 Å². The van der Waals surface area contributed by atoms with E-state index in [-0.39, 0.29) is 5.91 Å². The summed E-state index contributed by atoms with van der Waals surface area (Å²) in [5.74, 6) is -0.308. The fourth-order valence-electron chi connectivity index (χ4n) is 2.98. The van der Waals surface area contributed by atoms with Crippen LogP contribution in [-0.4, -0.2) is 19.3 Å². The van der Waals surface area contributed by atoms with Crippen LogP contribution in [0.15, 0.2) is 30.3 Å². The van der Waals surface area contributed by atoms with Crippen molar-refractivity contribution in [2.45, 2.75) is 45.0 Å². The molecule has 4 nitrogen and oxygen atoms in total. The van der Waals surface area contributed by atoms with Crippen LogP contribution in [0.5, 0.6) is 0 Å². The van der Waals surface area contributed by atoms with Crippen LogP contribution in [0.25, 0.3) is 0 Å². The summed E-state index contributed by atoms with van der Waals surface area (Å²) in [6.45, 7) is 0.425. The van der Waals surface area contributed by atoms with Gasteiger partial charge in [0, 0.05) is 7.11 Å². The lowest BCUT2D eigenvalue weighted by molar-refractivity contribution is -0.208. The van der Waals surface area contributed by atoms with Crippen LogP contribution < -0.4 is 5.73 Å². The number of rotatable bonds is 6. The highest BCUT2D eigenvalue weighted by Crippen LogP contribution is 2.41. The number of benzene rings is 1. The quantitative estimate of drug-likeness (QED) is 0.813. The number of methoxy groups -OCH3 is 1. The molecule has 1 aliphatic carbocycles. The molecule has 0 saturated heterocycles. The smallest absolute Gasteiger partial charge is 0.228 e. The molecule has 20 heavy (non-hydrogen) atoms. The molecule has 2 rings (SSSR count). The van der Waals surface area contributed by atoms with Crippen LogP contribution >= 0.6 is 0 Å². The molecule has 1 fully saturated rings. The highest BCUT2D eigenvalue weighted by atomic mass is 16.7. The molecule has 2 N–H and O–H groups in total. The first-order valence-electron chi connectivity index (χ1n) is 7.17. The minimum Gasteiger partial charge on any atom is -0.369 e. The van der Waals surface area contributed by atoms with E-state index in [0.717, 1.165) is 37.7 Å². The van der Waals surface area contributed by atoms with Crippen LogP contribution in [-0.2, 0) is 20.9 Å². The zero-order valence-electron chi connectivity index (χ0n) is 12.0. The minimum absolute atomic E-state index is 0.308. The summed E-state index contributed by atoms with van der Waals surface area (Å²) in [6.07, 6.45) is 4.06. The van der Waals surface area contributed by atoms with Gasteiger partial charge < -0.3 is 15.2 Å². The Bertz CT molecular complexity index is 427. The Kier molecular flexibility index (Phi) is 5.15. The van der Waals surface area contributed by atoms with E-state index >= 15 is 0 Å². The first-order valence-corrected chi connectivity index (χ1v) is 7.17. The fourth-order valence-corrected chi connectivity index (χ4v) is 2.98. The number of ether oxygens (including phenoxy) is 2. The summed E-state index contributed by atoms with van der Waals surface area (Å²) in [7, 11) is 1.58. The molecular formula is C16H23NO3. The van der Waals surface area contributed by atoms with E-state index in [1.807, 2.05) is 30.3 Å². The first kappa shape index (κ1) is 15.0. The average Bonchev–Trinajstić information content (AvgIpc) is 2.49. The molecule has 1 aromatic rings. The number of carbonyl (C=O) groups is 1. The Balaban J connectivity index is 2.07. The highest BCUT2D eigenvalue weighted by molar-refractivity contribution is 5.81. The molecule has 1 atom stereocenters. The van der Waals surface area contributed by atoms with Gasteiger partial charge in [-0.05, 0) is 18.4 Å². The fraction of sp³-hybridized carbons (Fsp3) is 0.562. The molecule has 1 amide bonds. The maximum Gasteiger partial charge on any atom is 0.228 e. The summed E-state index contributed by atoms with van der Waals surface area (Å²) < 4.78 is 11.3. The lowest BCUT2D eigenvalue weighted by Crippen LogP contribution is -2.49. The molecule has 1 saturated carbocycles. The van der Waals surface area contributed by atoms with E-state index in [1.54, 1.807) is 7.11 Å². The largest absolute Gasteiger partial charge is 0.369 e. The van der Waals surface area contributed by atoms with E-state index in [0.29, 0.717) is 6.61 Å². The van der Waals surface area contributed by atoms with Crippen LogP contribution in [0, 0.1) is 5.41 Å². The second kappa shape index (κ2) is 6.86. The average molecular weight is 277 g/mol. The van der Waals surface area contributed by atoms with Gasteiger partial charge in [-0.3, -0.25) is 4.79 Å². The second-order valence-electron chi connectivity index (χ2n) is 5.45. The predicted molar refractivity (Wildman–Crippen MR) is 76.7 cm³/mol. The molecule has 0 spiro atoms. The van der Waals surface area contributed by atoms with Gasteiger partial charge in [0.1, 0.15) is 0 Å². The number of nitrogens with two attached hydrogens (primary N) is 1. The number of hydrogen-bond donors (Lipinski definition) is 1. The molecule has 0 aliphatic heterocycles. The zero-order chi connectivity index (χ0) is 14.4. The Morgan fingerprint density at radius 2 is 1.90 bits per heavy atom. The third-order valence-electron chi connectivity index (χ3n) is 4.15. The number of amides is 1. The molecule has 4 heteroatoms. The Labute approximate surface area is 120 Å². The maximum atomic E-state index is 12.0. The van der Waals surface area contributed by atoms with E-state index in [2.05, 4.69) is 0 Å². The number of carbonyl (C=O) groups excluding carboxylic acids is 1. The van der Waals surface area contributed by atoms with Gasteiger partial charge in [-0.1, -0.05) is 49.6 Å². The summed E-state index contributed by atoms with van der Waals surface area (Å²) in [5, 5.41) is 0. The minimum atomic E-state index is -0.679. The van der Waals surface area contributed by atoms with Crippen molar-refractivity contribution in [2.75, 3.05) is 7.11 Å². The standard InChI is InChI=1S/C16H23NO3/c1-19-15(20-12-13-8-4-2-5-9-13)16(14(17)18)10-6-3-7-11-16/h2,4-5,8-9,15H,3,6-7,10-12H2,1H3,(H2,17,18). The van der Waals surface area contributed by atoms with Crippen molar-refractivity contribution >= 4 is 5.91 Å². The van der Waals surface area contributed by atoms with Crippen molar-refractivity contribution < 1.29 is 14.3 Å². The number of hydrogen-bond acceptors (Lipinski definition) is 3. The van der Waals surface area contributed by atoms with Gasteiger partial charge in [-0.15, -0.1) is 0 Å². The lowest BCUT2D eigenvalue weighted by Gasteiger charge is -2.39. The third kappa shape index (κ3) is 3.19. The Hall–Kier alpha value is -1.39. The van der Waals surface area contributed by atoms with E-state index in [1.165, 1.54) is 0 Å². The molecule has 1 unspecified atom stereocenters. The van der Waals surface area contributed by atoms with Crippen molar-refractivity contribution in [3.05, 3.63) is 35.9 Å². The SMILES string of the molecule is COC(OCc1ccccc1)C1(C(N)=O)CCCCC1. The molecule has 110 valence electrons. The van der Waals surface area contributed by atoms with Gasteiger partial charge in [0.05, 0.1) is 12.0 Å². The lowest BCUT2D eigenvalue weighted by atomic mass is 9.72. The second-order valence-corrected chi connectivity index (χ2v) is 5.45. The molecular weight excluding hydrogens is 254 g/mol. The van der Waals surface area contributed by atoms with E-state index in [4.69, 9.17) is 15.2 Å². The summed E-state index contributed by atoms with van der Waals surface area (Å²) in [4.78, 5) is 12.0. The molecule has 1 aromatic carbocycles. The van der Waals surface area contributed by atoms with Crippen LogP contribution in [0.4, 0.5) is 0 Å². The van der Waals surface area contributed by atoms with Gasteiger partial charge >= 0.3 is 0 Å². The maximum absolute atomic E-state index is 12.0. The van der Waals surface area contributed by atoms with Crippen molar-refractivity contribution in [2.24, 2.45) is 11.1 Å². The summed E-state index contributed by atoms with van der Waals surface area (Å²) in [6, 6.07) is 9.87. The monoisotopic (exact) mass is 277 g/mol. The normalized spacial score (nSPS) is 19.4. The van der Waals surface area contributed by atoms with Crippen molar-refractivity contribution in [3.63, 3.8) is 0 Å². The van der Waals surface area contributed by atoms with Crippen LogP contribution in [0.3, 0.4) is 0 Å². The van der Waals surface area contributed by atoms with E-state index in [9.17, 15) is 4.79 Å². The van der Waals surface area contributed by atoms with Gasteiger partial charge in [0.2, 0.25) is 5.91 Å². The highest BCUT2D eigenvalue weighted by Gasteiger charge is 2.46. The zero-order valence-corrected chi connectivity index (χ0v) is 12.0. The Morgan fingerprint density at radius 3 is 2.45 bits per heavy atom. The third-order valence-corrected chi connectivity index (χ3v) is 4.15. The first-order chi connectivity index (χ1) is 9.69. The van der Waals surface area contributed by atoms with E-state index < -0.39 is 11.7 Å². The van der Waals surface area contributed by atoms with Gasteiger partial charge in [-0.2, -0.15) is 0 Å². The topological polar surface area (TPSA) is 61.6 Å².